The van der Waals surface area contributed by atoms with E-state index in [9.17, 15) is 0 Å². The van der Waals surface area contributed by atoms with Gasteiger partial charge in [0.05, 0.1) is 0 Å². The first-order chi connectivity index (χ1) is 6.13. The van der Waals surface area contributed by atoms with Gasteiger partial charge in [0.15, 0.2) is 0 Å². The molecule has 0 spiro atoms. The molecule has 1 atom stereocenters. The van der Waals surface area contributed by atoms with Crippen molar-refractivity contribution >= 4 is 15.9 Å². The SMILES string of the molecule is CCC(CBr)CN(CC)CC(C)C. The van der Waals surface area contributed by atoms with Gasteiger partial charge in [-0.1, -0.05) is 50.0 Å². The van der Waals surface area contributed by atoms with Gasteiger partial charge in [0.2, 0.25) is 0 Å². The van der Waals surface area contributed by atoms with E-state index >= 15 is 0 Å². The van der Waals surface area contributed by atoms with Gasteiger partial charge in [-0.15, -0.1) is 0 Å². The molecule has 0 amide bonds. The standard InChI is InChI=1S/C11H24BrN/c1-5-11(7-12)9-13(6-2)8-10(3)4/h10-11H,5-9H2,1-4H3. The lowest BCUT2D eigenvalue weighted by molar-refractivity contribution is 0.224. The van der Waals surface area contributed by atoms with Gasteiger partial charge in [0.25, 0.3) is 0 Å². The van der Waals surface area contributed by atoms with Crippen molar-refractivity contribution in [2.45, 2.75) is 34.1 Å². The molecule has 0 bridgehead atoms. The molecule has 80 valence electrons. The Morgan fingerprint density at radius 1 is 1.15 bits per heavy atom. The number of hydrogen-bond donors (Lipinski definition) is 0. The highest BCUT2D eigenvalue weighted by molar-refractivity contribution is 9.09. The monoisotopic (exact) mass is 249 g/mol. The van der Waals surface area contributed by atoms with Crippen LogP contribution in [0.2, 0.25) is 0 Å². The molecular weight excluding hydrogens is 226 g/mol. The third kappa shape index (κ3) is 6.50. The smallest absolute Gasteiger partial charge is 0.00717 e. The molecule has 0 aliphatic heterocycles. The maximum absolute atomic E-state index is 3.57. The molecule has 2 heteroatoms. The fourth-order valence-electron chi connectivity index (χ4n) is 1.50. The Morgan fingerprint density at radius 2 is 1.77 bits per heavy atom. The number of halogens is 1. The number of alkyl halides is 1. The minimum Gasteiger partial charge on any atom is -0.303 e. The lowest BCUT2D eigenvalue weighted by atomic mass is 10.1. The minimum absolute atomic E-state index is 0.785. The van der Waals surface area contributed by atoms with E-state index in [1.54, 1.807) is 0 Å². The van der Waals surface area contributed by atoms with Crippen molar-refractivity contribution in [2.75, 3.05) is 25.0 Å². The predicted molar refractivity (Wildman–Crippen MR) is 64.5 cm³/mol. The Bertz CT molecular complexity index is 111. The van der Waals surface area contributed by atoms with Crippen LogP contribution in [-0.4, -0.2) is 29.9 Å². The average molecular weight is 250 g/mol. The number of nitrogens with zero attached hydrogens (tertiary/aromatic N) is 1. The molecule has 0 saturated heterocycles. The molecule has 0 aliphatic rings. The summed E-state index contributed by atoms with van der Waals surface area (Å²) in [6.45, 7) is 12.8. The molecule has 0 fully saturated rings. The normalized spacial score (nSPS) is 14.1. The second-order valence-electron chi connectivity index (χ2n) is 4.17. The lowest BCUT2D eigenvalue weighted by Crippen LogP contribution is -2.33. The second kappa shape index (κ2) is 7.81. The highest BCUT2D eigenvalue weighted by Gasteiger charge is 2.11. The van der Waals surface area contributed by atoms with Crippen LogP contribution in [0.4, 0.5) is 0 Å². The van der Waals surface area contributed by atoms with Crippen LogP contribution in [0.5, 0.6) is 0 Å². The Kier molecular flexibility index (Phi) is 8.07. The van der Waals surface area contributed by atoms with Crippen LogP contribution in [0, 0.1) is 11.8 Å². The van der Waals surface area contributed by atoms with Crippen LogP contribution in [-0.2, 0) is 0 Å². The largest absolute Gasteiger partial charge is 0.303 e. The number of hydrogen-bond acceptors (Lipinski definition) is 1. The highest BCUT2D eigenvalue weighted by atomic mass is 79.9. The van der Waals surface area contributed by atoms with Gasteiger partial charge in [0.1, 0.15) is 0 Å². The fraction of sp³-hybridized carbons (Fsp3) is 1.00. The quantitative estimate of drug-likeness (QED) is 0.626. The maximum atomic E-state index is 3.57. The zero-order valence-electron chi connectivity index (χ0n) is 9.52. The van der Waals surface area contributed by atoms with Crippen molar-refractivity contribution in [3.05, 3.63) is 0 Å². The summed E-state index contributed by atoms with van der Waals surface area (Å²) in [4.78, 5) is 2.56. The molecule has 1 nitrogen and oxygen atoms in total. The Hall–Kier alpha value is 0.440. The predicted octanol–water partition coefficient (Wildman–Crippen LogP) is 3.39. The molecule has 0 rings (SSSR count). The van der Waals surface area contributed by atoms with Crippen LogP contribution >= 0.6 is 15.9 Å². The fourth-order valence-corrected chi connectivity index (χ4v) is 2.16. The van der Waals surface area contributed by atoms with E-state index in [2.05, 4.69) is 48.5 Å². The summed E-state index contributed by atoms with van der Waals surface area (Å²) in [6, 6.07) is 0. The Morgan fingerprint density at radius 3 is 2.08 bits per heavy atom. The van der Waals surface area contributed by atoms with E-state index in [4.69, 9.17) is 0 Å². The van der Waals surface area contributed by atoms with Gasteiger partial charge in [0, 0.05) is 18.4 Å². The minimum atomic E-state index is 0.785. The molecule has 0 aromatic carbocycles. The van der Waals surface area contributed by atoms with Crippen molar-refractivity contribution in [3.63, 3.8) is 0 Å². The molecule has 0 aromatic rings. The molecule has 0 aliphatic carbocycles. The van der Waals surface area contributed by atoms with Gasteiger partial charge in [-0.05, 0) is 18.4 Å². The average Bonchev–Trinajstić information content (AvgIpc) is 2.11. The van der Waals surface area contributed by atoms with Gasteiger partial charge in [-0.2, -0.15) is 0 Å². The van der Waals surface area contributed by atoms with E-state index in [-0.39, 0.29) is 0 Å². The maximum Gasteiger partial charge on any atom is 0.00717 e. The highest BCUT2D eigenvalue weighted by Crippen LogP contribution is 2.10. The van der Waals surface area contributed by atoms with Crippen molar-refractivity contribution in [1.29, 1.82) is 0 Å². The van der Waals surface area contributed by atoms with Crippen molar-refractivity contribution < 1.29 is 0 Å². The third-order valence-corrected chi connectivity index (χ3v) is 3.30. The zero-order valence-corrected chi connectivity index (χ0v) is 11.1. The summed E-state index contributed by atoms with van der Waals surface area (Å²) in [5, 5.41) is 1.14. The topological polar surface area (TPSA) is 3.24 Å². The first kappa shape index (κ1) is 13.4. The molecule has 0 aromatic heterocycles. The van der Waals surface area contributed by atoms with Crippen molar-refractivity contribution in [1.82, 2.24) is 4.90 Å². The van der Waals surface area contributed by atoms with Crippen molar-refractivity contribution in [2.24, 2.45) is 11.8 Å². The van der Waals surface area contributed by atoms with Crippen LogP contribution in [0.3, 0.4) is 0 Å². The zero-order chi connectivity index (χ0) is 10.3. The lowest BCUT2D eigenvalue weighted by Gasteiger charge is -2.26. The molecule has 1 unspecified atom stereocenters. The van der Waals surface area contributed by atoms with Gasteiger partial charge >= 0.3 is 0 Å². The summed E-state index contributed by atoms with van der Waals surface area (Å²) in [6.07, 6.45) is 1.28. The Labute approximate surface area is 92.0 Å². The van der Waals surface area contributed by atoms with Crippen LogP contribution in [0.1, 0.15) is 34.1 Å². The van der Waals surface area contributed by atoms with E-state index in [1.165, 1.54) is 26.1 Å². The number of rotatable bonds is 7. The summed E-state index contributed by atoms with van der Waals surface area (Å²) >= 11 is 3.57. The Balaban J connectivity index is 3.80. The van der Waals surface area contributed by atoms with Crippen LogP contribution < -0.4 is 0 Å². The first-order valence-corrected chi connectivity index (χ1v) is 6.54. The van der Waals surface area contributed by atoms with E-state index in [1.807, 2.05) is 0 Å². The third-order valence-electron chi connectivity index (χ3n) is 2.38. The van der Waals surface area contributed by atoms with E-state index < -0.39 is 0 Å². The molecule has 0 heterocycles. The van der Waals surface area contributed by atoms with Gasteiger partial charge in [-0.3, -0.25) is 0 Å². The van der Waals surface area contributed by atoms with E-state index in [0.29, 0.717) is 0 Å². The molecule has 0 N–H and O–H groups in total. The summed E-state index contributed by atoms with van der Waals surface area (Å²) in [5.74, 6) is 1.60. The first-order valence-electron chi connectivity index (χ1n) is 5.42. The molecular formula is C11H24BrN. The second-order valence-corrected chi connectivity index (χ2v) is 4.82. The van der Waals surface area contributed by atoms with Crippen LogP contribution in [0.25, 0.3) is 0 Å². The van der Waals surface area contributed by atoms with Gasteiger partial charge < -0.3 is 4.90 Å². The van der Waals surface area contributed by atoms with Gasteiger partial charge in [-0.25, -0.2) is 0 Å². The molecule has 0 radical (unpaired) electrons. The molecule has 0 saturated carbocycles. The van der Waals surface area contributed by atoms with E-state index in [0.717, 1.165) is 17.2 Å². The van der Waals surface area contributed by atoms with Crippen LogP contribution in [0.15, 0.2) is 0 Å². The van der Waals surface area contributed by atoms with Crippen molar-refractivity contribution in [3.8, 4) is 0 Å². The molecule has 13 heavy (non-hydrogen) atoms. The summed E-state index contributed by atoms with van der Waals surface area (Å²) in [5.41, 5.74) is 0. The summed E-state index contributed by atoms with van der Waals surface area (Å²) < 4.78 is 0. The summed E-state index contributed by atoms with van der Waals surface area (Å²) in [7, 11) is 0.